The molecule has 0 saturated carbocycles. The molecule has 0 unspecified atom stereocenters. The lowest BCUT2D eigenvalue weighted by Crippen LogP contribution is -2.50. The molecule has 1 atom stereocenters. The molecule has 1 aromatic heterocycles. The molecule has 7 nitrogen and oxygen atoms in total. The molecule has 3 aromatic rings. The summed E-state index contributed by atoms with van der Waals surface area (Å²) in [6.07, 6.45) is 1.82. The van der Waals surface area contributed by atoms with Crippen molar-refractivity contribution in [1.82, 2.24) is 24.6 Å². The summed E-state index contributed by atoms with van der Waals surface area (Å²) >= 11 is 1.45. The molecule has 0 aliphatic carbocycles. The molecule has 0 spiro atoms. The average Bonchev–Trinajstić information content (AvgIpc) is 3.27. The van der Waals surface area contributed by atoms with Crippen LogP contribution in [0.2, 0.25) is 0 Å². The van der Waals surface area contributed by atoms with Crippen molar-refractivity contribution in [3.8, 4) is 17.1 Å². The maximum absolute atomic E-state index is 13.2. The second-order valence-electron chi connectivity index (χ2n) is 8.28. The van der Waals surface area contributed by atoms with Gasteiger partial charge in [-0.2, -0.15) is 0 Å². The number of allylic oxidation sites excluding steroid dienone is 1. The predicted molar refractivity (Wildman–Crippen MR) is 136 cm³/mol. The number of methoxy groups -OCH3 is 1. The number of hydrogen-bond donors (Lipinski definition) is 0. The van der Waals surface area contributed by atoms with Gasteiger partial charge in [-0.05, 0) is 36.8 Å². The van der Waals surface area contributed by atoms with Crippen LogP contribution in [0.25, 0.3) is 11.4 Å². The zero-order chi connectivity index (χ0) is 23.9. The van der Waals surface area contributed by atoms with Crippen LogP contribution in [0.3, 0.4) is 0 Å². The number of carbonyl (C=O) groups excluding carboxylic acids is 1. The van der Waals surface area contributed by atoms with E-state index in [0.29, 0.717) is 11.7 Å². The van der Waals surface area contributed by atoms with Crippen molar-refractivity contribution < 1.29 is 9.53 Å². The van der Waals surface area contributed by atoms with Gasteiger partial charge in [0.25, 0.3) is 0 Å². The first-order chi connectivity index (χ1) is 16.6. The van der Waals surface area contributed by atoms with Crippen molar-refractivity contribution in [2.24, 2.45) is 0 Å². The number of thioether (sulfide) groups is 1. The van der Waals surface area contributed by atoms with Crippen molar-refractivity contribution in [2.75, 3.05) is 33.3 Å². The molecule has 1 aliphatic rings. The van der Waals surface area contributed by atoms with Crippen LogP contribution in [-0.4, -0.2) is 69.0 Å². The van der Waals surface area contributed by atoms with Crippen LogP contribution >= 0.6 is 11.8 Å². The van der Waals surface area contributed by atoms with E-state index in [0.717, 1.165) is 49.9 Å². The largest absolute Gasteiger partial charge is 0.497 e. The van der Waals surface area contributed by atoms with Gasteiger partial charge in [0.15, 0.2) is 11.0 Å². The van der Waals surface area contributed by atoms with Gasteiger partial charge >= 0.3 is 0 Å². The summed E-state index contributed by atoms with van der Waals surface area (Å²) in [5.41, 5.74) is 2.25. The molecule has 1 fully saturated rings. The summed E-state index contributed by atoms with van der Waals surface area (Å²) in [7, 11) is 1.64. The van der Waals surface area contributed by atoms with Crippen LogP contribution < -0.4 is 4.74 Å². The third kappa shape index (κ3) is 5.69. The molecule has 178 valence electrons. The van der Waals surface area contributed by atoms with Crippen LogP contribution in [0, 0.1) is 0 Å². The minimum atomic E-state index is -0.253. The normalized spacial score (nSPS) is 15.2. The molecule has 1 amide bonds. The Balaban J connectivity index is 1.38. The number of benzene rings is 2. The fourth-order valence-electron chi connectivity index (χ4n) is 4.06. The topological polar surface area (TPSA) is 63.5 Å². The lowest BCUT2D eigenvalue weighted by molar-refractivity contribution is -0.132. The van der Waals surface area contributed by atoms with Gasteiger partial charge in [0.2, 0.25) is 5.91 Å². The average molecular weight is 478 g/mol. The number of ether oxygens (including phenoxy) is 1. The molecule has 2 aromatic carbocycles. The Labute approximate surface area is 205 Å². The Morgan fingerprint density at radius 1 is 1.09 bits per heavy atom. The molecule has 8 heteroatoms. The van der Waals surface area contributed by atoms with Gasteiger partial charge < -0.3 is 9.64 Å². The third-order valence-corrected chi connectivity index (χ3v) is 7.01. The van der Waals surface area contributed by atoms with Crippen LogP contribution in [0.1, 0.15) is 12.5 Å². The van der Waals surface area contributed by atoms with Gasteiger partial charge in [0.1, 0.15) is 5.75 Å². The summed E-state index contributed by atoms with van der Waals surface area (Å²) in [6, 6.07) is 18.2. The Kier molecular flexibility index (Phi) is 8.03. The number of aromatic nitrogens is 3. The van der Waals surface area contributed by atoms with Crippen molar-refractivity contribution in [3.05, 3.63) is 72.8 Å². The van der Waals surface area contributed by atoms with Crippen molar-refractivity contribution in [2.45, 2.75) is 30.4 Å². The molecule has 34 heavy (non-hydrogen) atoms. The smallest absolute Gasteiger partial charge is 0.235 e. The first-order valence-electron chi connectivity index (χ1n) is 11.5. The zero-order valence-corrected chi connectivity index (χ0v) is 20.6. The molecule has 0 radical (unpaired) electrons. The molecule has 1 saturated heterocycles. The maximum Gasteiger partial charge on any atom is 0.235 e. The third-order valence-electron chi connectivity index (χ3n) is 5.94. The molecule has 0 N–H and O–H groups in total. The molecule has 4 rings (SSSR count). The lowest BCUT2D eigenvalue weighted by Gasteiger charge is -2.35. The first kappa shape index (κ1) is 24.0. The zero-order valence-electron chi connectivity index (χ0n) is 19.8. The van der Waals surface area contributed by atoms with Crippen molar-refractivity contribution in [1.29, 1.82) is 0 Å². The maximum atomic E-state index is 13.2. The Hall–Kier alpha value is -3.10. The summed E-state index contributed by atoms with van der Waals surface area (Å²) < 4.78 is 7.25. The summed E-state index contributed by atoms with van der Waals surface area (Å²) in [5, 5.41) is 9.27. The van der Waals surface area contributed by atoms with E-state index in [1.807, 2.05) is 52.8 Å². The monoisotopic (exact) mass is 477 g/mol. The van der Waals surface area contributed by atoms with Gasteiger partial charge in [-0.25, -0.2) is 0 Å². The van der Waals surface area contributed by atoms with E-state index in [4.69, 9.17) is 4.74 Å². The van der Waals surface area contributed by atoms with E-state index in [1.54, 1.807) is 7.11 Å². The SMILES string of the molecule is C=CCn1c(S[C@@H](C)C(=O)N2CCN(Cc3ccccc3)CC2)nnc1-c1ccc(OC)cc1. The highest BCUT2D eigenvalue weighted by atomic mass is 32.2. The minimum absolute atomic E-state index is 0.142. The van der Waals surface area contributed by atoms with Gasteiger partial charge in [-0.3, -0.25) is 14.3 Å². The number of amides is 1. The minimum Gasteiger partial charge on any atom is -0.497 e. The van der Waals surface area contributed by atoms with Crippen LogP contribution in [0.4, 0.5) is 0 Å². The second kappa shape index (κ2) is 11.4. The van der Waals surface area contributed by atoms with E-state index in [1.165, 1.54) is 17.3 Å². The van der Waals surface area contributed by atoms with Crippen molar-refractivity contribution >= 4 is 17.7 Å². The van der Waals surface area contributed by atoms with E-state index < -0.39 is 0 Å². The Morgan fingerprint density at radius 3 is 2.44 bits per heavy atom. The number of piperazine rings is 1. The summed E-state index contributed by atoms with van der Waals surface area (Å²) in [4.78, 5) is 17.6. The molecule has 2 heterocycles. The number of rotatable bonds is 9. The second-order valence-corrected chi connectivity index (χ2v) is 9.59. The Morgan fingerprint density at radius 2 is 1.79 bits per heavy atom. The molecule has 1 aliphatic heterocycles. The van der Waals surface area contributed by atoms with Gasteiger partial charge in [0.05, 0.1) is 12.4 Å². The standard InChI is InChI=1S/C26H31N5O2S/c1-4-14-31-24(22-10-12-23(33-3)13-11-22)27-28-26(31)34-20(2)25(32)30-17-15-29(16-18-30)19-21-8-6-5-7-9-21/h4-13,20H,1,14-19H2,2-3H3/t20-/m0/s1. The van der Waals surface area contributed by atoms with Crippen molar-refractivity contribution in [3.63, 3.8) is 0 Å². The van der Waals surface area contributed by atoms with Crippen LogP contribution in [0.15, 0.2) is 72.4 Å². The van der Waals surface area contributed by atoms with E-state index in [2.05, 4.69) is 45.9 Å². The molecular formula is C26H31N5O2S. The van der Waals surface area contributed by atoms with Gasteiger partial charge in [-0.1, -0.05) is 48.2 Å². The van der Waals surface area contributed by atoms with Crippen LogP contribution in [0.5, 0.6) is 5.75 Å². The molecular weight excluding hydrogens is 446 g/mol. The first-order valence-corrected chi connectivity index (χ1v) is 12.4. The fraction of sp³-hybridized carbons (Fsp3) is 0.346. The molecule has 0 bridgehead atoms. The number of carbonyl (C=O) groups is 1. The number of hydrogen-bond acceptors (Lipinski definition) is 6. The quantitative estimate of drug-likeness (QED) is 0.343. The predicted octanol–water partition coefficient (Wildman–Crippen LogP) is 3.96. The van der Waals surface area contributed by atoms with E-state index in [-0.39, 0.29) is 11.2 Å². The highest BCUT2D eigenvalue weighted by molar-refractivity contribution is 8.00. The Bertz CT molecular complexity index is 1090. The van der Waals surface area contributed by atoms with E-state index >= 15 is 0 Å². The highest BCUT2D eigenvalue weighted by Crippen LogP contribution is 2.29. The highest BCUT2D eigenvalue weighted by Gasteiger charge is 2.27. The van der Waals surface area contributed by atoms with Gasteiger partial charge in [0, 0.05) is 44.8 Å². The van der Waals surface area contributed by atoms with E-state index in [9.17, 15) is 4.79 Å². The summed E-state index contributed by atoms with van der Waals surface area (Å²) in [6.45, 7) is 10.6. The fourth-order valence-corrected chi connectivity index (χ4v) is 5.00. The summed E-state index contributed by atoms with van der Waals surface area (Å²) in [5.74, 6) is 1.68. The lowest BCUT2D eigenvalue weighted by atomic mass is 10.2. The van der Waals surface area contributed by atoms with Gasteiger partial charge in [-0.15, -0.1) is 16.8 Å². The van der Waals surface area contributed by atoms with Crippen LogP contribution in [-0.2, 0) is 17.9 Å². The number of nitrogens with zero attached hydrogens (tertiary/aromatic N) is 5.